The topological polar surface area (TPSA) is 37.3 Å². The fourth-order valence-corrected chi connectivity index (χ4v) is 1.03. The Hall–Kier alpha value is -0.730. The fourth-order valence-electron chi connectivity index (χ4n) is 0.661. The third-order valence-electron chi connectivity index (χ3n) is 1.16. The molecule has 4 heteroatoms. The molecule has 58 valence electrons. The van der Waals surface area contributed by atoms with Crippen LogP contribution in [-0.4, -0.2) is 11.1 Å². The Kier molecular flexibility index (Phi) is 2.37. The van der Waals surface area contributed by atoms with Crippen molar-refractivity contribution < 1.29 is 9.90 Å². The van der Waals surface area contributed by atoms with Crippen LogP contribution < -0.4 is 0 Å². The second-order valence-electron chi connectivity index (χ2n) is 1.93. The van der Waals surface area contributed by atoms with E-state index < -0.39 is 5.97 Å². The number of carbonyl (C=O) groups is 1. The number of hydrogen-bond acceptors (Lipinski definition) is 1. The predicted octanol–water partition coefficient (Wildman–Crippen LogP) is 2.69. The van der Waals surface area contributed by atoms with Crippen molar-refractivity contribution in [2.75, 3.05) is 0 Å². The van der Waals surface area contributed by atoms with Gasteiger partial charge in [0.2, 0.25) is 0 Å². The zero-order valence-electron chi connectivity index (χ0n) is 5.34. The van der Waals surface area contributed by atoms with Gasteiger partial charge < -0.3 is 5.11 Å². The van der Waals surface area contributed by atoms with Crippen LogP contribution in [0.15, 0.2) is 18.2 Å². The van der Waals surface area contributed by atoms with Crippen LogP contribution in [0.2, 0.25) is 10.0 Å². The largest absolute Gasteiger partial charge is 0.478 e. The summed E-state index contributed by atoms with van der Waals surface area (Å²) in [6.07, 6.45) is 0. The van der Waals surface area contributed by atoms with Gasteiger partial charge >= 0.3 is 5.97 Å². The summed E-state index contributed by atoms with van der Waals surface area (Å²) in [5.74, 6) is -1.07. The lowest BCUT2D eigenvalue weighted by molar-refractivity contribution is 0.0697. The Morgan fingerprint density at radius 2 is 2.00 bits per heavy atom. The first-order valence-corrected chi connectivity index (χ1v) is 3.55. The van der Waals surface area contributed by atoms with Crippen LogP contribution >= 0.6 is 23.2 Å². The summed E-state index contributed by atoms with van der Waals surface area (Å²) in [6, 6.07) is 4.30. The van der Waals surface area contributed by atoms with Crippen molar-refractivity contribution in [3.63, 3.8) is 0 Å². The number of benzene rings is 1. The zero-order chi connectivity index (χ0) is 8.43. The minimum absolute atomic E-state index is 0.0270. The second kappa shape index (κ2) is 3.11. The van der Waals surface area contributed by atoms with Gasteiger partial charge in [-0.25, -0.2) is 4.79 Å². The molecule has 1 N–H and O–H groups in total. The highest BCUT2D eigenvalue weighted by Crippen LogP contribution is 2.20. The normalized spacial score (nSPS) is 9.64. The molecular formula is C7H4Cl2O2. The molecule has 0 amide bonds. The highest BCUT2D eigenvalue weighted by Gasteiger charge is 2.07. The molecule has 0 saturated carbocycles. The van der Waals surface area contributed by atoms with Crippen molar-refractivity contribution >= 4 is 29.2 Å². The molecule has 0 aromatic heterocycles. The molecule has 0 unspecified atom stereocenters. The zero-order valence-corrected chi connectivity index (χ0v) is 6.86. The van der Waals surface area contributed by atoms with Gasteiger partial charge in [-0.1, -0.05) is 23.2 Å². The first-order chi connectivity index (χ1) is 5.11. The van der Waals surface area contributed by atoms with E-state index in [1.165, 1.54) is 18.2 Å². The van der Waals surface area contributed by atoms with Gasteiger partial charge in [0, 0.05) is 5.02 Å². The summed E-state index contributed by atoms with van der Waals surface area (Å²) in [5, 5.41) is 9.11. The highest BCUT2D eigenvalue weighted by atomic mass is 35.5. The Balaban J connectivity index is 3.23. The lowest BCUT2D eigenvalue weighted by Crippen LogP contribution is -1.96. The van der Waals surface area contributed by atoms with E-state index in [0.717, 1.165) is 0 Å². The van der Waals surface area contributed by atoms with E-state index in [1.807, 2.05) is 0 Å². The van der Waals surface area contributed by atoms with Crippen LogP contribution in [0.5, 0.6) is 0 Å². The Morgan fingerprint density at radius 1 is 1.36 bits per heavy atom. The maximum atomic E-state index is 10.4. The molecule has 1 aromatic rings. The first-order valence-electron chi connectivity index (χ1n) is 2.79. The molecule has 1 aromatic carbocycles. The molecule has 0 spiro atoms. The van der Waals surface area contributed by atoms with E-state index in [-0.39, 0.29) is 10.6 Å². The van der Waals surface area contributed by atoms with Crippen molar-refractivity contribution in [3.05, 3.63) is 33.8 Å². The third kappa shape index (κ3) is 1.85. The molecule has 0 aliphatic rings. The van der Waals surface area contributed by atoms with Gasteiger partial charge in [0.25, 0.3) is 0 Å². The number of carboxylic acid groups (broad SMARTS) is 1. The lowest BCUT2D eigenvalue weighted by atomic mass is 11.2. The van der Waals surface area contributed by atoms with Crippen molar-refractivity contribution in [2.24, 2.45) is 0 Å². The molecule has 0 fully saturated rings. The molecule has 1 rings (SSSR count). The van der Waals surface area contributed by atoms with Gasteiger partial charge in [-0.15, -0.1) is 0 Å². The smallest absolute Gasteiger partial charge is 0.337 e. The minimum atomic E-state index is -1.07. The molecule has 0 radical (unpaired) electrons. The van der Waals surface area contributed by atoms with Gasteiger partial charge in [-0.3, -0.25) is 0 Å². The Morgan fingerprint density at radius 3 is 2.45 bits per heavy atom. The first kappa shape index (κ1) is 8.37. The van der Waals surface area contributed by atoms with Gasteiger partial charge in [0.05, 0.1) is 10.6 Å². The van der Waals surface area contributed by atoms with Crippen LogP contribution in [-0.2, 0) is 0 Å². The number of carboxylic acids is 1. The Labute approximate surface area is 73.4 Å². The average molecular weight is 198 g/mol. The molecule has 11 heavy (non-hydrogen) atoms. The molecule has 0 heterocycles. The molecule has 0 aliphatic heterocycles. The van der Waals surface area contributed by atoms with Gasteiger partial charge in [0.1, 0.15) is 0 Å². The lowest BCUT2D eigenvalue weighted by Gasteiger charge is -1.97. The highest BCUT2D eigenvalue weighted by molar-refractivity contribution is 6.35. The number of hydrogen-bond donors (Lipinski definition) is 1. The number of aromatic carboxylic acids is 1. The van der Waals surface area contributed by atoms with E-state index in [2.05, 4.69) is 0 Å². The summed E-state index contributed by atoms with van der Waals surface area (Å²) in [5.41, 5.74) is 0.0270. The van der Waals surface area contributed by atoms with Crippen LogP contribution in [0.3, 0.4) is 0 Å². The molecule has 0 aliphatic carbocycles. The van der Waals surface area contributed by atoms with Gasteiger partial charge in [-0.2, -0.15) is 0 Å². The summed E-state index contributed by atoms with van der Waals surface area (Å²) >= 11 is 11.1. The van der Waals surface area contributed by atoms with Gasteiger partial charge in [0.15, 0.2) is 0 Å². The van der Waals surface area contributed by atoms with Crippen molar-refractivity contribution in [2.45, 2.75) is 0 Å². The summed E-state index contributed by atoms with van der Waals surface area (Å²) in [7, 11) is 0. The molecule has 2 nitrogen and oxygen atoms in total. The van der Waals surface area contributed by atoms with E-state index >= 15 is 0 Å². The summed E-state index contributed by atoms with van der Waals surface area (Å²) < 4.78 is 0. The Bertz CT molecular complexity index is 296. The predicted molar refractivity (Wildman–Crippen MR) is 43.4 cm³/mol. The monoisotopic (exact) mass is 197 g/mol. The molecule has 0 saturated heterocycles. The third-order valence-corrected chi connectivity index (χ3v) is 1.72. The van der Waals surface area contributed by atoms with E-state index in [4.69, 9.17) is 28.3 Å². The molecular weight excluding hydrogens is 194 g/mol. The second-order valence-corrected chi connectivity index (χ2v) is 2.77. The van der Waals surface area contributed by atoms with Crippen molar-refractivity contribution in [3.8, 4) is 0 Å². The maximum Gasteiger partial charge on any atom is 0.337 e. The van der Waals surface area contributed by atoms with Crippen LogP contribution in [0.25, 0.3) is 0 Å². The van der Waals surface area contributed by atoms with Gasteiger partial charge in [-0.05, 0) is 18.2 Å². The SMILES string of the molecule is O=[13C](O)[13c]1[13cH][13c](Cl)[13cH][13cH][13c]1Cl. The summed E-state index contributed by atoms with van der Waals surface area (Å²) in [6.45, 7) is 0. The average Bonchev–Trinajstić information content (AvgIpc) is 1.94. The van der Waals surface area contributed by atoms with Crippen LogP contribution in [0.1, 0.15) is 10.4 Å². The van der Waals surface area contributed by atoms with Crippen LogP contribution in [0, 0.1) is 0 Å². The summed E-state index contributed by atoms with van der Waals surface area (Å²) in [4.78, 5) is 10.4. The fraction of sp³-hybridized carbons (Fsp3) is 0. The van der Waals surface area contributed by atoms with Crippen molar-refractivity contribution in [1.29, 1.82) is 0 Å². The number of rotatable bonds is 1. The standard InChI is InChI=1S/C7H4Cl2O2/c8-4-1-2-6(9)5(3-4)7(10)11/h1-3H,(H,10,11)/i1+1,2+1,3+1,4+1,5+1,6+1,7+1. The van der Waals surface area contributed by atoms with E-state index in [1.54, 1.807) is 0 Å². The quantitative estimate of drug-likeness (QED) is 0.704. The van der Waals surface area contributed by atoms with E-state index in [0.29, 0.717) is 5.02 Å². The maximum absolute atomic E-state index is 10.4. The number of halogens is 2. The van der Waals surface area contributed by atoms with Crippen molar-refractivity contribution in [1.82, 2.24) is 0 Å². The van der Waals surface area contributed by atoms with E-state index in [9.17, 15) is 4.79 Å². The minimum Gasteiger partial charge on any atom is -0.478 e. The molecule has 0 bridgehead atoms. The van der Waals surface area contributed by atoms with Crippen LogP contribution in [0.4, 0.5) is 0 Å². The molecule has 0 atom stereocenters.